The predicted octanol–water partition coefficient (Wildman–Crippen LogP) is 2.32. The molecule has 0 saturated carbocycles. The van der Waals surface area contributed by atoms with Crippen molar-refractivity contribution in [3.63, 3.8) is 0 Å². The standard InChI is InChI=1S/C20H19N3O3S/c21-27(25,26)19-7-6-15-8-11-23(14-17(15)13-19)20(24)16-4-3-5-18(12-16)22-9-1-2-10-22/h1-7,9-10,12-13H,8,11,14H2,(H2,21,25,26). The first-order chi connectivity index (χ1) is 12.9. The van der Waals surface area contributed by atoms with Gasteiger partial charge in [0, 0.05) is 36.7 Å². The number of benzene rings is 2. The van der Waals surface area contributed by atoms with Gasteiger partial charge in [-0.3, -0.25) is 4.79 Å². The third-order valence-electron chi connectivity index (χ3n) is 4.80. The Kier molecular flexibility index (Phi) is 4.33. The molecule has 0 spiro atoms. The SMILES string of the molecule is NS(=O)(=O)c1ccc2c(c1)CN(C(=O)c1cccc(-n3cccc3)c1)CC2. The van der Waals surface area contributed by atoms with Crippen LogP contribution in [-0.4, -0.2) is 30.3 Å². The molecule has 3 aromatic rings. The third-order valence-corrected chi connectivity index (χ3v) is 5.71. The maximum atomic E-state index is 13.0. The van der Waals surface area contributed by atoms with Crippen molar-refractivity contribution in [3.05, 3.63) is 83.7 Å². The van der Waals surface area contributed by atoms with E-state index in [9.17, 15) is 13.2 Å². The van der Waals surface area contributed by atoms with E-state index in [-0.39, 0.29) is 10.8 Å². The van der Waals surface area contributed by atoms with E-state index in [0.717, 1.165) is 16.8 Å². The molecule has 0 fully saturated rings. The molecule has 0 unspecified atom stereocenters. The molecule has 0 bridgehead atoms. The zero-order valence-corrected chi connectivity index (χ0v) is 15.4. The highest BCUT2D eigenvalue weighted by molar-refractivity contribution is 7.89. The summed E-state index contributed by atoms with van der Waals surface area (Å²) in [7, 11) is -3.76. The molecule has 138 valence electrons. The average Bonchev–Trinajstić information content (AvgIpc) is 3.21. The Labute approximate surface area is 157 Å². The van der Waals surface area contributed by atoms with Crippen molar-refractivity contribution in [2.24, 2.45) is 5.14 Å². The van der Waals surface area contributed by atoms with Gasteiger partial charge in [-0.05, 0) is 60.0 Å². The van der Waals surface area contributed by atoms with E-state index in [4.69, 9.17) is 5.14 Å². The maximum absolute atomic E-state index is 13.0. The summed E-state index contributed by atoms with van der Waals surface area (Å²) in [6.45, 7) is 0.958. The Morgan fingerprint density at radius 2 is 1.74 bits per heavy atom. The van der Waals surface area contributed by atoms with Gasteiger partial charge in [-0.15, -0.1) is 0 Å². The molecule has 1 aliphatic rings. The van der Waals surface area contributed by atoms with Gasteiger partial charge in [-0.1, -0.05) is 12.1 Å². The Balaban J connectivity index is 1.60. The van der Waals surface area contributed by atoms with E-state index < -0.39 is 10.0 Å². The van der Waals surface area contributed by atoms with E-state index in [1.807, 2.05) is 47.3 Å². The summed E-state index contributed by atoms with van der Waals surface area (Å²) in [6.07, 6.45) is 4.54. The van der Waals surface area contributed by atoms with Gasteiger partial charge in [0.05, 0.1) is 4.90 Å². The van der Waals surface area contributed by atoms with Gasteiger partial charge in [0.2, 0.25) is 10.0 Å². The number of aromatic nitrogens is 1. The summed E-state index contributed by atoms with van der Waals surface area (Å²) < 4.78 is 25.1. The van der Waals surface area contributed by atoms with Crippen molar-refractivity contribution in [2.75, 3.05) is 6.54 Å². The smallest absolute Gasteiger partial charge is 0.254 e. The molecule has 1 amide bonds. The van der Waals surface area contributed by atoms with Crippen molar-refractivity contribution < 1.29 is 13.2 Å². The fourth-order valence-electron chi connectivity index (χ4n) is 3.37. The second kappa shape index (κ2) is 6.68. The van der Waals surface area contributed by atoms with Crippen LogP contribution in [0.4, 0.5) is 0 Å². The zero-order valence-electron chi connectivity index (χ0n) is 14.6. The maximum Gasteiger partial charge on any atom is 0.254 e. The number of hydrogen-bond acceptors (Lipinski definition) is 3. The monoisotopic (exact) mass is 381 g/mol. The number of hydrogen-bond donors (Lipinski definition) is 1. The molecule has 27 heavy (non-hydrogen) atoms. The number of carbonyl (C=O) groups is 1. The molecule has 1 aliphatic heterocycles. The van der Waals surface area contributed by atoms with Crippen LogP contribution in [0, 0.1) is 0 Å². The van der Waals surface area contributed by atoms with Crippen molar-refractivity contribution in [2.45, 2.75) is 17.9 Å². The van der Waals surface area contributed by atoms with Gasteiger partial charge < -0.3 is 9.47 Å². The van der Waals surface area contributed by atoms with Gasteiger partial charge in [-0.25, -0.2) is 13.6 Å². The van der Waals surface area contributed by atoms with E-state index in [0.29, 0.717) is 25.1 Å². The fraction of sp³-hybridized carbons (Fsp3) is 0.150. The molecular weight excluding hydrogens is 362 g/mol. The van der Waals surface area contributed by atoms with Crippen LogP contribution >= 0.6 is 0 Å². The number of fused-ring (bicyclic) bond motifs is 1. The van der Waals surface area contributed by atoms with Crippen LogP contribution in [0.5, 0.6) is 0 Å². The highest BCUT2D eigenvalue weighted by atomic mass is 32.2. The lowest BCUT2D eigenvalue weighted by Gasteiger charge is -2.29. The first-order valence-electron chi connectivity index (χ1n) is 8.59. The predicted molar refractivity (Wildman–Crippen MR) is 102 cm³/mol. The minimum atomic E-state index is -3.76. The van der Waals surface area contributed by atoms with E-state index >= 15 is 0 Å². The largest absolute Gasteiger partial charge is 0.334 e. The lowest BCUT2D eigenvalue weighted by Crippen LogP contribution is -2.36. The van der Waals surface area contributed by atoms with Crippen LogP contribution in [0.2, 0.25) is 0 Å². The van der Waals surface area contributed by atoms with E-state index in [1.165, 1.54) is 6.07 Å². The Morgan fingerprint density at radius 1 is 0.963 bits per heavy atom. The summed E-state index contributed by atoms with van der Waals surface area (Å²) in [5.41, 5.74) is 3.39. The summed E-state index contributed by atoms with van der Waals surface area (Å²) in [6, 6.07) is 16.2. The van der Waals surface area contributed by atoms with Crippen LogP contribution in [0.1, 0.15) is 21.5 Å². The number of sulfonamides is 1. The van der Waals surface area contributed by atoms with Crippen molar-refractivity contribution in [3.8, 4) is 5.69 Å². The summed E-state index contributed by atoms with van der Waals surface area (Å²) >= 11 is 0. The van der Waals surface area contributed by atoms with Gasteiger partial charge >= 0.3 is 0 Å². The Morgan fingerprint density at radius 3 is 2.48 bits per heavy atom. The molecule has 2 heterocycles. The molecule has 0 saturated heterocycles. The second-order valence-electron chi connectivity index (χ2n) is 6.59. The summed E-state index contributed by atoms with van der Waals surface area (Å²) in [5, 5.41) is 5.23. The molecule has 0 atom stereocenters. The van der Waals surface area contributed by atoms with Crippen molar-refractivity contribution in [1.29, 1.82) is 0 Å². The van der Waals surface area contributed by atoms with E-state index in [1.54, 1.807) is 23.1 Å². The van der Waals surface area contributed by atoms with Crippen LogP contribution < -0.4 is 5.14 Å². The van der Waals surface area contributed by atoms with Crippen molar-refractivity contribution >= 4 is 15.9 Å². The molecule has 2 aromatic carbocycles. The normalized spacial score (nSPS) is 14.0. The fourth-order valence-corrected chi connectivity index (χ4v) is 3.94. The van der Waals surface area contributed by atoms with Crippen LogP contribution in [0.3, 0.4) is 0 Å². The van der Waals surface area contributed by atoms with Crippen LogP contribution in [0.15, 0.2) is 71.9 Å². The first-order valence-corrected chi connectivity index (χ1v) is 10.1. The third kappa shape index (κ3) is 3.51. The molecule has 6 nitrogen and oxygen atoms in total. The molecule has 7 heteroatoms. The molecule has 0 radical (unpaired) electrons. The van der Waals surface area contributed by atoms with Crippen molar-refractivity contribution in [1.82, 2.24) is 9.47 Å². The first kappa shape index (κ1) is 17.5. The summed E-state index contributed by atoms with van der Waals surface area (Å²) in [5.74, 6) is -0.0735. The number of nitrogens with two attached hydrogens (primary N) is 1. The second-order valence-corrected chi connectivity index (χ2v) is 8.15. The van der Waals surface area contributed by atoms with Gasteiger partial charge in [-0.2, -0.15) is 0 Å². The Hall–Kier alpha value is -2.90. The number of primary sulfonamides is 1. The lowest BCUT2D eigenvalue weighted by atomic mass is 9.99. The number of amides is 1. The quantitative estimate of drug-likeness (QED) is 0.755. The molecule has 1 aromatic heterocycles. The van der Waals surface area contributed by atoms with Gasteiger partial charge in [0.25, 0.3) is 5.91 Å². The number of carbonyl (C=O) groups excluding carboxylic acids is 1. The number of rotatable bonds is 3. The topological polar surface area (TPSA) is 85.4 Å². The number of nitrogens with zero attached hydrogens (tertiary/aromatic N) is 2. The highest BCUT2D eigenvalue weighted by Gasteiger charge is 2.23. The Bertz CT molecular complexity index is 1110. The van der Waals surface area contributed by atoms with Crippen LogP contribution in [0.25, 0.3) is 5.69 Å². The van der Waals surface area contributed by atoms with Crippen LogP contribution in [-0.2, 0) is 23.0 Å². The molecule has 2 N–H and O–H groups in total. The minimum Gasteiger partial charge on any atom is -0.334 e. The van der Waals surface area contributed by atoms with E-state index in [2.05, 4.69) is 0 Å². The van der Waals surface area contributed by atoms with Gasteiger partial charge in [0.15, 0.2) is 0 Å². The lowest BCUT2D eigenvalue weighted by molar-refractivity contribution is 0.0734. The summed E-state index contributed by atoms with van der Waals surface area (Å²) in [4.78, 5) is 14.8. The minimum absolute atomic E-state index is 0.0735. The zero-order chi connectivity index (χ0) is 19.0. The average molecular weight is 381 g/mol. The highest BCUT2D eigenvalue weighted by Crippen LogP contribution is 2.24. The molecule has 0 aliphatic carbocycles. The molecule has 4 rings (SSSR count). The molecular formula is C20H19N3O3S. The van der Waals surface area contributed by atoms with Gasteiger partial charge in [0.1, 0.15) is 0 Å².